The summed E-state index contributed by atoms with van der Waals surface area (Å²) < 4.78 is 0. The minimum Gasteiger partial charge on any atom is -0.481 e. The van der Waals surface area contributed by atoms with Gasteiger partial charge in [0.25, 0.3) is 0 Å². The molecule has 1 fully saturated rings. The molecule has 0 saturated heterocycles. The number of carbonyl (C=O) groups is 2. The van der Waals surface area contributed by atoms with Crippen LogP contribution in [-0.2, 0) is 9.59 Å². The van der Waals surface area contributed by atoms with Crippen molar-refractivity contribution in [1.82, 2.24) is 5.32 Å². The first-order valence-corrected chi connectivity index (χ1v) is 7.34. The van der Waals surface area contributed by atoms with Gasteiger partial charge in [0, 0.05) is 6.54 Å². The van der Waals surface area contributed by atoms with Crippen molar-refractivity contribution in [3.63, 3.8) is 0 Å². The van der Waals surface area contributed by atoms with Gasteiger partial charge in [0.05, 0.1) is 11.8 Å². The summed E-state index contributed by atoms with van der Waals surface area (Å²) in [6.45, 7) is 0.687. The van der Waals surface area contributed by atoms with Crippen molar-refractivity contribution in [3.8, 4) is 0 Å². The highest BCUT2D eigenvalue weighted by molar-refractivity contribution is 5.84. The zero-order valence-corrected chi connectivity index (χ0v) is 11.3. The molecule has 19 heavy (non-hydrogen) atoms. The van der Waals surface area contributed by atoms with Gasteiger partial charge in [0.2, 0.25) is 5.91 Å². The van der Waals surface area contributed by atoms with E-state index in [1.807, 2.05) is 0 Å². The first-order chi connectivity index (χ1) is 9.18. The van der Waals surface area contributed by atoms with Crippen LogP contribution in [0.1, 0.15) is 44.9 Å². The molecule has 3 unspecified atom stereocenters. The first kappa shape index (κ1) is 14.1. The Bertz CT molecular complexity index is 364. The second kappa shape index (κ2) is 6.73. The molecule has 1 amide bonds. The van der Waals surface area contributed by atoms with Crippen LogP contribution in [0.3, 0.4) is 0 Å². The Balaban J connectivity index is 1.83. The van der Waals surface area contributed by atoms with Crippen molar-refractivity contribution in [2.75, 3.05) is 6.54 Å². The van der Waals surface area contributed by atoms with E-state index in [4.69, 9.17) is 0 Å². The number of amides is 1. The van der Waals surface area contributed by atoms with E-state index in [9.17, 15) is 14.7 Å². The number of carbonyl (C=O) groups excluding carboxylic acids is 1. The lowest BCUT2D eigenvalue weighted by Crippen LogP contribution is -2.41. The average Bonchev–Trinajstić information content (AvgIpc) is 2.46. The predicted octanol–water partition coefficient (Wildman–Crippen LogP) is 2.35. The van der Waals surface area contributed by atoms with Crippen molar-refractivity contribution >= 4 is 11.9 Å². The van der Waals surface area contributed by atoms with Gasteiger partial charge in [0.1, 0.15) is 0 Å². The van der Waals surface area contributed by atoms with Crippen molar-refractivity contribution in [2.45, 2.75) is 44.9 Å². The molecule has 2 N–H and O–H groups in total. The summed E-state index contributed by atoms with van der Waals surface area (Å²) in [6, 6.07) is 0. The lowest BCUT2D eigenvalue weighted by atomic mass is 9.78. The third-order valence-electron chi connectivity index (χ3n) is 4.36. The summed E-state index contributed by atoms with van der Waals surface area (Å²) in [5, 5.41) is 12.2. The molecule has 0 radical (unpaired) electrons. The van der Waals surface area contributed by atoms with Crippen LogP contribution in [0.5, 0.6) is 0 Å². The van der Waals surface area contributed by atoms with Crippen LogP contribution in [0.4, 0.5) is 0 Å². The summed E-state index contributed by atoms with van der Waals surface area (Å²) in [7, 11) is 0. The molecular weight excluding hydrogens is 242 g/mol. The van der Waals surface area contributed by atoms with Crippen LogP contribution in [-0.4, -0.2) is 23.5 Å². The van der Waals surface area contributed by atoms with Gasteiger partial charge in [-0.15, -0.1) is 0 Å². The summed E-state index contributed by atoms with van der Waals surface area (Å²) in [5.74, 6) is -1.17. The highest BCUT2D eigenvalue weighted by Gasteiger charge is 2.35. The van der Waals surface area contributed by atoms with E-state index in [1.54, 1.807) is 0 Å². The van der Waals surface area contributed by atoms with Crippen LogP contribution in [0.25, 0.3) is 0 Å². The number of aliphatic carboxylic acids is 1. The SMILES string of the molecule is O=C(O)C1CCCCC1C(=O)NCC1CC=CCC1. The summed E-state index contributed by atoms with van der Waals surface area (Å²) >= 11 is 0. The molecule has 1 saturated carbocycles. The molecule has 0 aromatic carbocycles. The van der Waals surface area contributed by atoms with E-state index >= 15 is 0 Å². The van der Waals surface area contributed by atoms with Crippen LogP contribution < -0.4 is 5.32 Å². The lowest BCUT2D eigenvalue weighted by Gasteiger charge is -2.28. The Morgan fingerprint density at radius 2 is 1.84 bits per heavy atom. The summed E-state index contributed by atoms with van der Waals surface area (Å²) in [4.78, 5) is 23.3. The maximum absolute atomic E-state index is 12.2. The molecule has 2 rings (SSSR count). The smallest absolute Gasteiger partial charge is 0.307 e. The Morgan fingerprint density at radius 1 is 1.11 bits per heavy atom. The van der Waals surface area contributed by atoms with Crippen LogP contribution in [0, 0.1) is 17.8 Å². The topological polar surface area (TPSA) is 66.4 Å². The summed E-state index contributed by atoms with van der Waals surface area (Å²) in [5.41, 5.74) is 0. The Morgan fingerprint density at radius 3 is 2.47 bits per heavy atom. The van der Waals surface area contributed by atoms with E-state index in [0.29, 0.717) is 25.3 Å². The van der Waals surface area contributed by atoms with Gasteiger partial charge in [-0.2, -0.15) is 0 Å². The fourth-order valence-corrected chi connectivity index (χ4v) is 3.16. The van der Waals surface area contributed by atoms with Gasteiger partial charge in [-0.25, -0.2) is 0 Å². The highest BCUT2D eigenvalue weighted by Crippen LogP contribution is 2.30. The van der Waals surface area contributed by atoms with Crippen LogP contribution >= 0.6 is 0 Å². The van der Waals surface area contributed by atoms with E-state index in [1.165, 1.54) is 0 Å². The number of carboxylic acid groups (broad SMARTS) is 1. The lowest BCUT2D eigenvalue weighted by molar-refractivity contribution is -0.148. The molecule has 106 valence electrons. The molecule has 4 nitrogen and oxygen atoms in total. The second-order valence-electron chi connectivity index (χ2n) is 5.73. The van der Waals surface area contributed by atoms with Crippen molar-refractivity contribution in [3.05, 3.63) is 12.2 Å². The monoisotopic (exact) mass is 265 g/mol. The second-order valence-corrected chi connectivity index (χ2v) is 5.73. The molecule has 0 heterocycles. The maximum Gasteiger partial charge on any atom is 0.307 e. The fraction of sp³-hybridized carbons (Fsp3) is 0.733. The third-order valence-corrected chi connectivity index (χ3v) is 4.36. The number of nitrogens with one attached hydrogen (secondary N) is 1. The quantitative estimate of drug-likeness (QED) is 0.767. The maximum atomic E-state index is 12.2. The molecule has 3 atom stereocenters. The van der Waals surface area contributed by atoms with Gasteiger partial charge in [0.15, 0.2) is 0 Å². The van der Waals surface area contributed by atoms with Crippen LogP contribution in [0.2, 0.25) is 0 Å². The van der Waals surface area contributed by atoms with Gasteiger partial charge in [-0.1, -0.05) is 25.0 Å². The number of allylic oxidation sites excluding steroid dienone is 2. The fourth-order valence-electron chi connectivity index (χ4n) is 3.16. The molecule has 2 aliphatic rings. The number of rotatable bonds is 4. The van der Waals surface area contributed by atoms with E-state index < -0.39 is 11.9 Å². The zero-order valence-electron chi connectivity index (χ0n) is 11.3. The molecule has 4 heteroatoms. The number of hydrogen-bond acceptors (Lipinski definition) is 2. The Labute approximate surface area is 114 Å². The first-order valence-electron chi connectivity index (χ1n) is 7.34. The standard InChI is InChI=1S/C15H23NO3/c17-14(16-10-11-6-2-1-3-7-11)12-8-4-5-9-13(12)15(18)19/h1-2,11-13H,3-10H2,(H,16,17)(H,18,19). The van der Waals surface area contributed by atoms with Crippen LogP contribution in [0.15, 0.2) is 12.2 Å². The molecule has 0 aromatic rings. The van der Waals surface area contributed by atoms with Crippen molar-refractivity contribution < 1.29 is 14.7 Å². The number of hydrogen-bond donors (Lipinski definition) is 2. The zero-order chi connectivity index (χ0) is 13.7. The Hall–Kier alpha value is -1.32. The highest BCUT2D eigenvalue weighted by atomic mass is 16.4. The largest absolute Gasteiger partial charge is 0.481 e. The Kier molecular flexibility index (Phi) is 5.00. The predicted molar refractivity (Wildman–Crippen MR) is 72.6 cm³/mol. The van der Waals surface area contributed by atoms with Gasteiger partial charge in [-0.05, 0) is 38.0 Å². The minimum atomic E-state index is -0.819. The summed E-state index contributed by atoms with van der Waals surface area (Å²) in [6.07, 6.45) is 10.8. The molecule has 2 aliphatic carbocycles. The normalized spacial score (nSPS) is 30.8. The molecule has 0 bridgehead atoms. The van der Waals surface area contributed by atoms with Crippen molar-refractivity contribution in [2.24, 2.45) is 17.8 Å². The van der Waals surface area contributed by atoms with E-state index in [-0.39, 0.29) is 11.8 Å². The minimum absolute atomic E-state index is 0.0540. The molecular formula is C15H23NO3. The van der Waals surface area contributed by atoms with E-state index in [0.717, 1.165) is 32.1 Å². The third kappa shape index (κ3) is 3.82. The number of carboxylic acids is 1. The van der Waals surface area contributed by atoms with E-state index in [2.05, 4.69) is 17.5 Å². The molecule has 0 aromatic heterocycles. The van der Waals surface area contributed by atoms with Gasteiger partial charge >= 0.3 is 5.97 Å². The molecule has 0 spiro atoms. The average molecular weight is 265 g/mol. The van der Waals surface area contributed by atoms with Crippen molar-refractivity contribution in [1.29, 1.82) is 0 Å². The molecule has 0 aliphatic heterocycles. The van der Waals surface area contributed by atoms with Gasteiger partial charge < -0.3 is 10.4 Å². The van der Waals surface area contributed by atoms with Gasteiger partial charge in [-0.3, -0.25) is 9.59 Å².